The number of hydrogen-bond donors (Lipinski definition) is 1. The van der Waals surface area contributed by atoms with Crippen molar-refractivity contribution >= 4 is 17.6 Å². The highest BCUT2D eigenvalue weighted by Crippen LogP contribution is 2.39. The van der Waals surface area contributed by atoms with Gasteiger partial charge in [-0.25, -0.2) is 0 Å². The zero-order valence-electron chi connectivity index (χ0n) is 11.7. The summed E-state index contributed by atoms with van der Waals surface area (Å²) in [5, 5.41) is 3.69. The molecule has 6 heteroatoms. The Hall–Kier alpha value is -1.46. The summed E-state index contributed by atoms with van der Waals surface area (Å²) in [7, 11) is 1.39. The van der Waals surface area contributed by atoms with Crippen LogP contribution in [0.15, 0.2) is 12.1 Å². The molecule has 0 aromatic heterocycles. The Kier molecular flexibility index (Phi) is 4.73. The maximum absolute atomic E-state index is 11.7. The zero-order valence-corrected chi connectivity index (χ0v) is 12.5. The molecule has 0 bridgehead atoms. The Morgan fingerprint density at radius 1 is 1.45 bits per heavy atom. The lowest BCUT2D eigenvalue weighted by Gasteiger charge is -2.20. The van der Waals surface area contributed by atoms with Crippen molar-refractivity contribution in [3.8, 4) is 11.5 Å². The molecule has 0 spiro atoms. The molecule has 0 saturated heterocycles. The average Bonchev–Trinajstić information content (AvgIpc) is 2.87. The minimum Gasteiger partial charge on any atom is -0.468 e. The van der Waals surface area contributed by atoms with Gasteiger partial charge in [0.05, 0.1) is 12.1 Å². The molecule has 1 atom stereocenters. The molecule has 0 aliphatic carbocycles. The van der Waals surface area contributed by atoms with Gasteiger partial charge in [0.25, 0.3) is 0 Å². The summed E-state index contributed by atoms with van der Waals surface area (Å²) in [6.45, 7) is 4.60. The van der Waals surface area contributed by atoms with Crippen molar-refractivity contribution in [3.63, 3.8) is 0 Å². The third-order valence-corrected chi connectivity index (χ3v) is 3.42. The molecule has 20 heavy (non-hydrogen) atoms. The Balaban J connectivity index is 2.07. The molecule has 1 aromatic rings. The lowest BCUT2D eigenvalue weighted by atomic mass is 10.0. The number of methoxy groups -OCH3 is 1. The second-order valence-electron chi connectivity index (χ2n) is 4.94. The molecular weight excluding hydrogens is 282 g/mol. The Morgan fingerprint density at radius 3 is 2.85 bits per heavy atom. The van der Waals surface area contributed by atoms with E-state index in [2.05, 4.69) is 5.32 Å². The fraction of sp³-hybridized carbons (Fsp3) is 0.500. The zero-order chi connectivity index (χ0) is 14.7. The van der Waals surface area contributed by atoms with Gasteiger partial charge in [-0.1, -0.05) is 25.4 Å². The predicted molar refractivity (Wildman–Crippen MR) is 75.1 cm³/mol. The van der Waals surface area contributed by atoms with Gasteiger partial charge in [0.2, 0.25) is 6.79 Å². The first-order valence-electron chi connectivity index (χ1n) is 6.42. The second-order valence-corrected chi connectivity index (χ2v) is 5.34. The number of ether oxygens (including phenoxy) is 3. The minimum absolute atomic E-state index is 0.131. The first-order valence-corrected chi connectivity index (χ1v) is 6.80. The minimum atomic E-state index is -0.357. The Labute approximate surface area is 123 Å². The van der Waals surface area contributed by atoms with Crippen LogP contribution in [0.1, 0.15) is 19.4 Å². The Bertz CT molecular complexity index is 504. The van der Waals surface area contributed by atoms with Crippen molar-refractivity contribution in [2.24, 2.45) is 5.92 Å². The van der Waals surface area contributed by atoms with E-state index in [9.17, 15) is 4.79 Å². The van der Waals surface area contributed by atoms with Gasteiger partial charge in [0.1, 0.15) is 6.04 Å². The molecule has 0 unspecified atom stereocenters. The number of nitrogens with one attached hydrogen (secondary N) is 1. The summed E-state index contributed by atoms with van der Waals surface area (Å²) < 4.78 is 15.4. The number of rotatable bonds is 5. The van der Waals surface area contributed by atoms with Crippen molar-refractivity contribution in [1.29, 1.82) is 0 Å². The van der Waals surface area contributed by atoms with Crippen LogP contribution in [0.4, 0.5) is 0 Å². The van der Waals surface area contributed by atoms with Crippen LogP contribution in [0.2, 0.25) is 5.02 Å². The first kappa shape index (κ1) is 14.9. The molecule has 0 radical (unpaired) electrons. The number of halogens is 1. The van der Waals surface area contributed by atoms with Crippen LogP contribution < -0.4 is 14.8 Å². The van der Waals surface area contributed by atoms with Gasteiger partial charge in [-0.2, -0.15) is 0 Å². The van der Waals surface area contributed by atoms with E-state index in [1.165, 1.54) is 7.11 Å². The smallest absolute Gasteiger partial charge is 0.323 e. The molecule has 1 N–H and O–H groups in total. The molecule has 1 aliphatic heterocycles. The van der Waals surface area contributed by atoms with Crippen LogP contribution in [-0.2, 0) is 16.1 Å². The van der Waals surface area contributed by atoms with Crippen molar-refractivity contribution in [2.75, 3.05) is 13.9 Å². The summed E-state index contributed by atoms with van der Waals surface area (Å²) in [4.78, 5) is 11.7. The topological polar surface area (TPSA) is 56.8 Å². The quantitative estimate of drug-likeness (QED) is 0.846. The molecule has 1 aromatic carbocycles. The molecule has 2 rings (SSSR count). The Morgan fingerprint density at radius 2 is 2.20 bits per heavy atom. The highest BCUT2D eigenvalue weighted by atomic mass is 35.5. The number of fused-ring (bicyclic) bond motifs is 1. The predicted octanol–water partition coefficient (Wildman–Crippen LogP) is 2.36. The second kappa shape index (κ2) is 6.33. The van der Waals surface area contributed by atoms with E-state index < -0.39 is 0 Å². The average molecular weight is 300 g/mol. The van der Waals surface area contributed by atoms with Gasteiger partial charge in [-0.3, -0.25) is 4.79 Å². The largest absolute Gasteiger partial charge is 0.468 e. The highest BCUT2D eigenvalue weighted by Gasteiger charge is 2.23. The number of hydrogen-bond acceptors (Lipinski definition) is 5. The monoisotopic (exact) mass is 299 g/mol. The van der Waals surface area contributed by atoms with Gasteiger partial charge in [-0.15, -0.1) is 0 Å². The van der Waals surface area contributed by atoms with Gasteiger partial charge < -0.3 is 19.5 Å². The van der Waals surface area contributed by atoms with Crippen LogP contribution in [0.5, 0.6) is 11.5 Å². The number of carbonyl (C=O) groups excluding carboxylic acids is 1. The van der Waals surface area contributed by atoms with Crippen LogP contribution in [0.25, 0.3) is 0 Å². The van der Waals surface area contributed by atoms with Crippen LogP contribution in [0.3, 0.4) is 0 Å². The highest BCUT2D eigenvalue weighted by molar-refractivity contribution is 6.32. The SMILES string of the molecule is COC(=O)[C@@H](NCc1cc(Cl)c2c(c1)OCO2)C(C)C. The molecule has 0 fully saturated rings. The van der Waals surface area contributed by atoms with E-state index in [1.54, 1.807) is 6.07 Å². The standard InChI is InChI=1S/C14H18ClNO4/c1-8(2)12(14(17)18-3)16-6-9-4-10(15)13-11(5-9)19-7-20-13/h4-5,8,12,16H,6-7H2,1-3H3/t12-/m0/s1. The fourth-order valence-corrected chi connectivity index (χ4v) is 2.36. The van der Waals surface area contributed by atoms with Crippen molar-refractivity contribution in [2.45, 2.75) is 26.4 Å². The number of esters is 1. The molecule has 0 saturated carbocycles. The van der Waals surface area contributed by atoms with Crippen LogP contribution in [0, 0.1) is 5.92 Å². The third kappa shape index (κ3) is 3.16. The van der Waals surface area contributed by atoms with Gasteiger partial charge >= 0.3 is 5.97 Å². The molecule has 0 amide bonds. The van der Waals surface area contributed by atoms with Crippen molar-refractivity contribution in [3.05, 3.63) is 22.7 Å². The summed E-state index contributed by atoms with van der Waals surface area (Å²) >= 11 is 6.12. The summed E-state index contributed by atoms with van der Waals surface area (Å²) in [5.74, 6) is 1.07. The summed E-state index contributed by atoms with van der Waals surface area (Å²) in [5.41, 5.74) is 0.925. The first-order chi connectivity index (χ1) is 9.52. The lowest BCUT2D eigenvalue weighted by Crippen LogP contribution is -2.41. The van der Waals surface area contributed by atoms with E-state index in [1.807, 2.05) is 19.9 Å². The molecule has 1 heterocycles. The van der Waals surface area contributed by atoms with Crippen LogP contribution >= 0.6 is 11.6 Å². The maximum atomic E-state index is 11.7. The number of benzene rings is 1. The summed E-state index contributed by atoms with van der Waals surface area (Å²) in [6, 6.07) is 3.30. The van der Waals surface area contributed by atoms with E-state index in [-0.39, 0.29) is 24.7 Å². The molecule has 5 nitrogen and oxygen atoms in total. The normalized spacial score (nSPS) is 14.4. The number of carbonyl (C=O) groups is 1. The van der Waals surface area contributed by atoms with E-state index >= 15 is 0 Å². The summed E-state index contributed by atoms with van der Waals surface area (Å²) in [6.07, 6.45) is 0. The maximum Gasteiger partial charge on any atom is 0.323 e. The molecular formula is C14H18ClNO4. The van der Waals surface area contributed by atoms with Crippen molar-refractivity contribution < 1.29 is 19.0 Å². The van der Waals surface area contributed by atoms with E-state index in [4.69, 9.17) is 25.8 Å². The van der Waals surface area contributed by atoms with Gasteiger partial charge in [-0.05, 0) is 23.6 Å². The fourth-order valence-electron chi connectivity index (χ4n) is 2.07. The van der Waals surface area contributed by atoms with Gasteiger partial charge in [0.15, 0.2) is 11.5 Å². The molecule has 110 valence electrons. The third-order valence-electron chi connectivity index (χ3n) is 3.13. The lowest BCUT2D eigenvalue weighted by molar-refractivity contribution is -0.144. The van der Waals surface area contributed by atoms with Gasteiger partial charge in [0, 0.05) is 6.54 Å². The van der Waals surface area contributed by atoms with Crippen molar-refractivity contribution in [1.82, 2.24) is 5.32 Å². The van der Waals surface area contributed by atoms with E-state index in [0.717, 1.165) is 5.56 Å². The van der Waals surface area contributed by atoms with Crippen LogP contribution in [-0.4, -0.2) is 25.9 Å². The molecule has 1 aliphatic rings. The van der Waals surface area contributed by atoms with E-state index in [0.29, 0.717) is 23.1 Å².